The Morgan fingerprint density at radius 1 is 1.15 bits per heavy atom. The summed E-state index contributed by atoms with van der Waals surface area (Å²) in [6, 6.07) is 14.7. The first-order chi connectivity index (χ1) is 16.0. The lowest BCUT2D eigenvalue weighted by atomic mass is 10.2. The highest BCUT2D eigenvalue weighted by Crippen LogP contribution is 2.22. The van der Waals surface area contributed by atoms with Crippen LogP contribution >= 0.6 is 0 Å². The number of sulfone groups is 1. The molecule has 0 radical (unpaired) electrons. The van der Waals surface area contributed by atoms with Crippen LogP contribution in [0, 0.1) is 6.92 Å². The second kappa shape index (κ2) is 12.1. The molecule has 0 saturated heterocycles. The number of aromatic nitrogens is 2. The predicted molar refractivity (Wildman–Crippen MR) is 134 cm³/mol. The zero-order chi connectivity index (χ0) is 25.3. The minimum Gasteiger partial charge on any atom is -0.396 e. The average Bonchev–Trinajstić information content (AvgIpc) is 2.74. The van der Waals surface area contributed by atoms with E-state index < -0.39 is 9.84 Å². The summed E-state index contributed by atoms with van der Waals surface area (Å²) in [4.78, 5) is 20.4. The molecule has 10 heteroatoms. The fourth-order valence-corrected chi connectivity index (χ4v) is 3.98. The van der Waals surface area contributed by atoms with Gasteiger partial charge >= 0.3 is 0 Å². The highest BCUT2D eigenvalue weighted by Gasteiger charge is 2.14. The van der Waals surface area contributed by atoms with E-state index in [4.69, 9.17) is 10.8 Å². The number of nitrogens with zero attached hydrogens (tertiary/aromatic N) is 2. The van der Waals surface area contributed by atoms with Crippen LogP contribution < -0.4 is 16.4 Å². The Bertz CT molecular complexity index is 1220. The number of carbonyl (C=O) groups excluding carboxylic acids is 1. The summed E-state index contributed by atoms with van der Waals surface area (Å²) in [5, 5.41) is 14.2. The van der Waals surface area contributed by atoms with Crippen LogP contribution in [0.25, 0.3) is 0 Å². The van der Waals surface area contributed by atoms with Crippen LogP contribution in [-0.2, 0) is 16.3 Å². The van der Waals surface area contributed by atoms with Gasteiger partial charge in [-0.2, -0.15) is 4.98 Å². The van der Waals surface area contributed by atoms with Gasteiger partial charge in [0.1, 0.15) is 5.82 Å². The molecule has 1 aromatic heterocycles. The van der Waals surface area contributed by atoms with E-state index >= 15 is 0 Å². The van der Waals surface area contributed by atoms with Crippen molar-refractivity contribution >= 4 is 33.2 Å². The van der Waals surface area contributed by atoms with Crippen LogP contribution in [0.2, 0.25) is 0 Å². The molecule has 0 aliphatic rings. The maximum atomic E-state index is 12.0. The van der Waals surface area contributed by atoms with Crippen LogP contribution in [0.4, 0.5) is 17.5 Å². The molecular weight excluding hydrogens is 454 g/mol. The predicted octanol–water partition coefficient (Wildman–Crippen LogP) is 2.87. The number of rotatable bonds is 7. The van der Waals surface area contributed by atoms with Crippen molar-refractivity contribution in [2.75, 3.05) is 23.9 Å². The van der Waals surface area contributed by atoms with Gasteiger partial charge in [-0.15, -0.1) is 0 Å². The summed E-state index contributed by atoms with van der Waals surface area (Å²) < 4.78 is 23.3. The van der Waals surface area contributed by atoms with Crippen LogP contribution in [0.15, 0.2) is 59.6 Å². The Morgan fingerprint density at radius 3 is 2.35 bits per heavy atom. The van der Waals surface area contributed by atoms with E-state index in [1.807, 2.05) is 44.2 Å². The number of nitrogen functional groups attached to an aromatic ring is 1. The van der Waals surface area contributed by atoms with Gasteiger partial charge in [0, 0.05) is 30.8 Å². The minimum absolute atomic E-state index is 0.0268. The maximum Gasteiger partial charge on any atom is 0.256 e. The Labute approximate surface area is 200 Å². The van der Waals surface area contributed by atoms with E-state index in [0.29, 0.717) is 11.3 Å². The molecule has 0 aliphatic heterocycles. The Balaban J connectivity index is 0.000000379. The molecule has 3 aromatic rings. The van der Waals surface area contributed by atoms with Crippen molar-refractivity contribution in [3.63, 3.8) is 0 Å². The number of hydrogen-bond acceptors (Lipinski definition) is 8. The van der Waals surface area contributed by atoms with Gasteiger partial charge in [-0.1, -0.05) is 30.3 Å². The van der Waals surface area contributed by atoms with Crippen molar-refractivity contribution in [2.45, 2.75) is 38.1 Å². The summed E-state index contributed by atoms with van der Waals surface area (Å²) in [6.07, 6.45) is 3.27. The Morgan fingerprint density at radius 2 is 1.82 bits per heavy atom. The Kier molecular flexibility index (Phi) is 9.52. The summed E-state index contributed by atoms with van der Waals surface area (Å²) in [5.41, 5.74) is 8.44. The molecule has 5 N–H and O–H groups in total. The highest BCUT2D eigenvalue weighted by atomic mass is 32.2. The third-order valence-corrected chi connectivity index (χ3v) is 5.81. The fourth-order valence-electron chi connectivity index (χ4n) is 3.02. The van der Waals surface area contributed by atoms with Gasteiger partial charge in [0.05, 0.1) is 10.5 Å². The van der Waals surface area contributed by atoms with Crippen molar-refractivity contribution in [1.82, 2.24) is 15.3 Å². The first-order valence-electron chi connectivity index (χ1n) is 10.7. The molecule has 0 unspecified atom stereocenters. The molecule has 182 valence electrons. The molecule has 34 heavy (non-hydrogen) atoms. The van der Waals surface area contributed by atoms with E-state index in [-0.39, 0.29) is 40.8 Å². The number of amides is 1. The molecule has 0 spiro atoms. The lowest BCUT2D eigenvalue weighted by Crippen LogP contribution is -2.31. The van der Waals surface area contributed by atoms with Crippen molar-refractivity contribution < 1.29 is 18.3 Å². The molecule has 0 fully saturated rings. The average molecular weight is 486 g/mol. The van der Waals surface area contributed by atoms with E-state index in [1.165, 1.54) is 17.8 Å². The molecule has 3 rings (SSSR count). The molecule has 2 aromatic carbocycles. The van der Waals surface area contributed by atoms with Crippen molar-refractivity contribution in [1.29, 1.82) is 0 Å². The van der Waals surface area contributed by atoms with Crippen LogP contribution in [0.1, 0.15) is 35.3 Å². The van der Waals surface area contributed by atoms with Crippen molar-refractivity contribution in [3.05, 3.63) is 71.4 Å². The van der Waals surface area contributed by atoms with Gasteiger partial charge in [0.15, 0.2) is 9.84 Å². The van der Waals surface area contributed by atoms with Crippen molar-refractivity contribution in [3.8, 4) is 0 Å². The number of aliphatic hydroxyl groups excluding tert-OH is 1. The van der Waals surface area contributed by atoms with Crippen molar-refractivity contribution in [2.24, 2.45) is 0 Å². The van der Waals surface area contributed by atoms with Gasteiger partial charge in [-0.3, -0.25) is 4.79 Å². The third-order valence-electron chi connectivity index (χ3n) is 4.56. The number of hydrogen-bond donors (Lipinski definition) is 4. The number of carbonyl (C=O) groups is 1. The summed E-state index contributed by atoms with van der Waals surface area (Å²) in [7, 11) is -3.28. The summed E-state index contributed by atoms with van der Waals surface area (Å²) in [6.45, 7) is 5.63. The second-order valence-electron chi connectivity index (χ2n) is 7.96. The minimum atomic E-state index is -3.28. The second-order valence-corrected chi connectivity index (χ2v) is 9.94. The summed E-state index contributed by atoms with van der Waals surface area (Å²) >= 11 is 0. The van der Waals surface area contributed by atoms with Gasteiger partial charge in [-0.05, 0) is 56.5 Å². The quantitative estimate of drug-likeness (QED) is 0.399. The van der Waals surface area contributed by atoms with Gasteiger partial charge in [-0.25, -0.2) is 13.4 Å². The SMILES string of the molecule is Cc1cc(Nc2ncc(C(=O)NC(C)C)c(N)n2)ccc1S(C)(=O)=O.OCCc1ccccc1. The number of anilines is 3. The van der Waals surface area contributed by atoms with E-state index in [9.17, 15) is 13.2 Å². The number of aryl methyl sites for hydroxylation is 1. The van der Waals surface area contributed by atoms with E-state index in [2.05, 4.69) is 20.6 Å². The molecule has 1 heterocycles. The van der Waals surface area contributed by atoms with Crippen LogP contribution in [0.5, 0.6) is 0 Å². The van der Waals surface area contributed by atoms with Gasteiger partial charge in [0.2, 0.25) is 5.95 Å². The third kappa shape index (κ3) is 8.13. The Hall–Kier alpha value is -3.50. The van der Waals surface area contributed by atoms with Gasteiger partial charge < -0.3 is 21.5 Å². The lowest BCUT2D eigenvalue weighted by molar-refractivity contribution is 0.0943. The maximum absolute atomic E-state index is 12.0. The zero-order valence-electron chi connectivity index (χ0n) is 19.7. The first kappa shape index (κ1) is 26.7. The molecule has 0 saturated carbocycles. The molecule has 0 aliphatic carbocycles. The highest BCUT2D eigenvalue weighted by molar-refractivity contribution is 7.90. The molecule has 9 nitrogen and oxygen atoms in total. The topological polar surface area (TPSA) is 147 Å². The molecule has 1 amide bonds. The summed E-state index contributed by atoms with van der Waals surface area (Å²) in [5.74, 6) is -0.0716. The standard InChI is InChI=1S/C16H21N5O3S.C8H10O/c1-9(2)19-15(22)12-8-18-16(21-14(12)17)20-11-5-6-13(10(3)7-11)25(4,23)24;9-7-6-8-4-2-1-3-5-8/h5-9H,1-4H3,(H,19,22)(H3,17,18,20,21);1-5,9H,6-7H2. The molecular formula is C24H31N5O4S. The number of aliphatic hydroxyl groups is 1. The van der Waals surface area contributed by atoms with Gasteiger partial charge in [0.25, 0.3) is 5.91 Å². The van der Waals surface area contributed by atoms with E-state index in [0.717, 1.165) is 12.7 Å². The van der Waals surface area contributed by atoms with Crippen LogP contribution in [0.3, 0.4) is 0 Å². The normalized spacial score (nSPS) is 10.9. The molecule has 0 bridgehead atoms. The van der Waals surface area contributed by atoms with E-state index in [1.54, 1.807) is 19.1 Å². The fraction of sp³-hybridized carbons (Fsp3) is 0.292. The number of benzene rings is 2. The number of nitrogens with one attached hydrogen (secondary N) is 2. The first-order valence-corrected chi connectivity index (χ1v) is 12.6. The lowest BCUT2D eigenvalue weighted by Gasteiger charge is -2.11. The monoisotopic (exact) mass is 485 g/mol. The largest absolute Gasteiger partial charge is 0.396 e. The molecule has 0 atom stereocenters. The zero-order valence-corrected chi connectivity index (χ0v) is 20.6. The smallest absolute Gasteiger partial charge is 0.256 e. The van der Waals surface area contributed by atoms with Crippen LogP contribution in [-0.4, -0.2) is 48.3 Å². The number of nitrogens with two attached hydrogens (primary N) is 1.